The van der Waals surface area contributed by atoms with Crippen LogP contribution in [0.3, 0.4) is 0 Å². The second-order valence-electron chi connectivity index (χ2n) is 18.4. The number of alkyl halides is 5. The van der Waals surface area contributed by atoms with Crippen LogP contribution in [0.5, 0.6) is 11.5 Å². The summed E-state index contributed by atoms with van der Waals surface area (Å²) in [6, 6.07) is 7.81. The minimum Gasteiger partial charge on any atom is -0.871 e. The van der Waals surface area contributed by atoms with Crippen molar-refractivity contribution in [2.24, 2.45) is 17.8 Å². The Morgan fingerprint density at radius 2 is 0.897 bits per heavy atom. The molecule has 3 saturated heterocycles. The number of hydrogen-bond donors (Lipinski definition) is 1. The Hall–Kier alpha value is -3.48. The standard InChI is InChI=1S/C15H17F3O3.C14H13F5O3.C14H14F4O4.C6H3I3O.2C3H5IO2/c16-15(17,18)13-3-1-12(2-4-13)14(19)21-10-7-11-5-8-20-9-6-11;15-9-8(10(16)12(18)13(19)11(9)17)14(20)22-6-3-7-1-4-21-5-2-7;15-9-8(13(19)12(18)11(17)10(9)16)14(20)22-6-3-7-1-4-21-5-2-7;7-3-1-4(8)6(10)5(9)2-3;1-2(4)3(5)6;4-2-1-3(5)6/h1-4,11H,5-10H2;7H,1-6H2;7,19H,1-6H2;1-2,10H;2H,1H3,(H,5,6);1-2H2,(H,5,6)/p-3. The maximum absolute atomic E-state index is 13.5. The van der Waals surface area contributed by atoms with E-state index in [0.717, 1.165) is 93.1 Å². The van der Waals surface area contributed by atoms with Gasteiger partial charge in [0.1, 0.15) is 11.1 Å². The quantitative estimate of drug-likeness (QED) is 0.0222. The number of halogens is 17. The zero-order chi connectivity index (χ0) is 65.7. The molecule has 87 heavy (non-hydrogen) atoms. The number of aromatic hydroxyl groups is 1. The van der Waals surface area contributed by atoms with Crippen LogP contribution in [0.1, 0.15) is 108 Å². The Kier molecular flexibility index (Phi) is 37.6. The van der Waals surface area contributed by atoms with Crippen molar-refractivity contribution >= 4 is 143 Å². The first-order valence-electron chi connectivity index (χ1n) is 25.8. The molecule has 4 aromatic carbocycles. The van der Waals surface area contributed by atoms with Crippen LogP contribution in [-0.4, -0.2) is 103 Å². The largest absolute Gasteiger partial charge is 0.871 e. The highest BCUT2D eigenvalue weighted by Crippen LogP contribution is 2.32. The first-order valence-corrected chi connectivity index (χ1v) is 31.8. The molecular formula is C55H54F12I5O15-3. The van der Waals surface area contributed by atoms with Crippen LogP contribution in [0.25, 0.3) is 0 Å². The molecule has 0 saturated carbocycles. The summed E-state index contributed by atoms with van der Waals surface area (Å²) in [4.78, 5) is 54.0. The van der Waals surface area contributed by atoms with Crippen molar-refractivity contribution < 1.29 is 126 Å². The maximum atomic E-state index is 13.5. The topological polar surface area (TPSA) is 230 Å². The number of phenolic OH excluding ortho intramolecular Hbond substituents is 1. The fourth-order valence-electron chi connectivity index (χ4n) is 7.28. The van der Waals surface area contributed by atoms with E-state index in [2.05, 4.69) is 72.5 Å². The lowest BCUT2D eigenvalue weighted by Gasteiger charge is -2.21. The summed E-state index contributed by atoms with van der Waals surface area (Å²) in [5, 5.41) is 39.4. The average molecular weight is 1820 g/mol. The van der Waals surface area contributed by atoms with E-state index >= 15 is 0 Å². The fourth-order valence-corrected chi connectivity index (χ4v) is 11.3. The molecule has 0 amide bonds. The number of esters is 3. The van der Waals surface area contributed by atoms with Gasteiger partial charge in [-0.2, -0.15) is 17.6 Å². The van der Waals surface area contributed by atoms with Crippen molar-refractivity contribution in [3.8, 4) is 11.5 Å². The maximum Gasteiger partial charge on any atom is 0.416 e. The fraction of sp³-hybridized carbons (Fsp3) is 0.473. The van der Waals surface area contributed by atoms with Gasteiger partial charge in [0.25, 0.3) is 0 Å². The Morgan fingerprint density at radius 3 is 1.22 bits per heavy atom. The molecule has 0 spiro atoms. The summed E-state index contributed by atoms with van der Waals surface area (Å²) < 4.78 is 188. The summed E-state index contributed by atoms with van der Waals surface area (Å²) in [5.74, 6) is -25.5. The number of carbonyl (C=O) groups excluding carboxylic acids is 5. The summed E-state index contributed by atoms with van der Waals surface area (Å²) in [6.07, 6.45) is 2.46. The predicted molar refractivity (Wildman–Crippen MR) is 322 cm³/mol. The SMILES string of the molecule is CC(I)C(=O)[O-].O=C(OCCC1CCOCC1)c1c(F)c(F)c(F)c(F)c1F.O=C(OCCC1CCOCC1)c1c(O)c(F)c(F)c(F)c1F.O=C(OCCC1CCOCC1)c1ccc(C(F)(F)F)cc1.O=C([O-])CCI.[O-]c1c(I)cc(I)cc1I. The van der Waals surface area contributed by atoms with E-state index in [1.165, 1.54) is 0 Å². The molecule has 3 aliphatic rings. The van der Waals surface area contributed by atoms with Crippen LogP contribution < -0.4 is 15.3 Å². The lowest BCUT2D eigenvalue weighted by Crippen LogP contribution is -2.29. The minimum atomic E-state index is -4.40. The Balaban J connectivity index is 0.000000380. The molecule has 1 unspecified atom stereocenters. The zero-order valence-electron chi connectivity index (χ0n) is 45.5. The number of aliphatic carboxylic acids is 2. The number of phenols is 1. The highest BCUT2D eigenvalue weighted by Gasteiger charge is 2.33. The van der Waals surface area contributed by atoms with Crippen molar-refractivity contribution in [1.29, 1.82) is 0 Å². The molecule has 1 N–H and O–H groups in total. The van der Waals surface area contributed by atoms with Crippen LogP contribution in [0.4, 0.5) is 52.7 Å². The van der Waals surface area contributed by atoms with Crippen LogP contribution >= 0.6 is 113 Å². The number of carbonyl (C=O) groups is 5. The molecule has 15 nitrogen and oxygen atoms in total. The van der Waals surface area contributed by atoms with Crippen molar-refractivity contribution in [2.75, 3.05) is 63.9 Å². The van der Waals surface area contributed by atoms with E-state index in [-0.39, 0.29) is 53.3 Å². The van der Waals surface area contributed by atoms with Crippen molar-refractivity contribution in [3.63, 3.8) is 0 Å². The molecule has 32 heteroatoms. The van der Waals surface area contributed by atoms with Crippen LogP contribution in [0, 0.1) is 80.8 Å². The van der Waals surface area contributed by atoms with Gasteiger partial charge in [0.15, 0.2) is 40.7 Å². The molecule has 3 aliphatic heterocycles. The summed E-state index contributed by atoms with van der Waals surface area (Å²) >= 11 is 10.1. The van der Waals surface area contributed by atoms with Gasteiger partial charge in [0, 0.05) is 64.7 Å². The van der Waals surface area contributed by atoms with Gasteiger partial charge in [0.2, 0.25) is 17.5 Å². The Morgan fingerprint density at radius 1 is 0.575 bits per heavy atom. The third-order valence-electron chi connectivity index (χ3n) is 12.2. The molecule has 486 valence electrons. The molecule has 1 atom stereocenters. The average Bonchev–Trinajstić information content (AvgIpc) is 1.80. The first-order chi connectivity index (χ1) is 40.8. The van der Waals surface area contributed by atoms with Gasteiger partial charge in [-0.25, -0.2) is 49.5 Å². The number of carboxylic acids is 2. The van der Waals surface area contributed by atoms with Gasteiger partial charge in [0.05, 0.1) is 36.9 Å². The summed E-state index contributed by atoms with van der Waals surface area (Å²) in [5.41, 5.74) is -3.55. The second kappa shape index (κ2) is 41.1. The third kappa shape index (κ3) is 28.3. The van der Waals surface area contributed by atoms with Gasteiger partial charge in [-0.1, -0.05) is 50.9 Å². The van der Waals surface area contributed by atoms with E-state index in [0.29, 0.717) is 49.6 Å². The second-order valence-corrected chi connectivity index (χ2v) is 24.9. The van der Waals surface area contributed by atoms with E-state index in [1.807, 2.05) is 34.7 Å². The third-order valence-corrected chi connectivity index (χ3v) is 15.5. The zero-order valence-corrected chi connectivity index (χ0v) is 56.3. The molecule has 3 fully saturated rings. The lowest BCUT2D eigenvalue weighted by molar-refractivity contribution is -0.305. The Bertz CT molecular complexity index is 2690. The van der Waals surface area contributed by atoms with E-state index in [4.69, 9.17) is 23.7 Å². The van der Waals surface area contributed by atoms with Gasteiger partial charge in [-0.05, 0) is 193 Å². The van der Waals surface area contributed by atoms with Gasteiger partial charge in [-0.15, -0.1) is 0 Å². The molecule has 7 rings (SSSR count). The lowest BCUT2D eigenvalue weighted by atomic mass is 9.97. The number of ether oxygens (including phenoxy) is 6. The van der Waals surface area contributed by atoms with E-state index in [1.54, 1.807) is 29.5 Å². The smallest absolute Gasteiger partial charge is 0.416 e. The van der Waals surface area contributed by atoms with E-state index in [9.17, 15) is 97.1 Å². The number of rotatable bonds is 15. The highest BCUT2D eigenvalue weighted by atomic mass is 127. The first kappa shape index (κ1) is 79.6. The van der Waals surface area contributed by atoms with Crippen molar-refractivity contribution in [3.05, 3.63) is 122 Å². The summed E-state index contributed by atoms with van der Waals surface area (Å²) in [7, 11) is 0. The molecule has 0 aliphatic carbocycles. The van der Waals surface area contributed by atoms with Crippen LogP contribution in [-0.2, 0) is 44.2 Å². The number of hydrogen-bond acceptors (Lipinski definition) is 15. The van der Waals surface area contributed by atoms with Gasteiger partial charge < -0.3 is 58.4 Å². The molecule has 0 aromatic heterocycles. The van der Waals surface area contributed by atoms with E-state index < -0.39 is 111 Å². The predicted octanol–water partition coefficient (Wildman–Crippen LogP) is 11.7. The Labute approximate surface area is 559 Å². The normalized spacial score (nSPS) is 14.7. The molecule has 4 aromatic rings. The monoisotopic (exact) mass is 1820 g/mol. The molecule has 0 radical (unpaired) electrons. The van der Waals surface area contributed by atoms with Gasteiger partial charge in [-0.3, -0.25) is 0 Å². The number of carboxylic acid groups (broad SMARTS) is 2. The van der Waals surface area contributed by atoms with Gasteiger partial charge >= 0.3 is 24.1 Å². The van der Waals surface area contributed by atoms with Crippen LogP contribution in [0.2, 0.25) is 0 Å². The van der Waals surface area contributed by atoms with Crippen molar-refractivity contribution in [1.82, 2.24) is 0 Å². The molecule has 0 bridgehead atoms. The minimum absolute atomic E-state index is 0.108. The van der Waals surface area contributed by atoms with Crippen molar-refractivity contribution in [2.45, 2.75) is 81.2 Å². The molecule has 3 heterocycles. The highest BCUT2D eigenvalue weighted by molar-refractivity contribution is 14.1. The summed E-state index contributed by atoms with van der Waals surface area (Å²) in [6.45, 7) is 5.40. The molecular weight excluding hydrogens is 1760 g/mol. The van der Waals surface area contributed by atoms with Crippen LogP contribution in [0.15, 0.2) is 36.4 Å². The number of benzene rings is 4.